The van der Waals surface area contributed by atoms with Crippen molar-refractivity contribution in [3.63, 3.8) is 0 Å². The van der Waals surface area contributed by atoms with Crippen LogP contribution in [0.4, 0.5) is 4.79 Å². The summed E-state index contributed by atoms with van der Waals surface area (Å²) in [7, 11) is -3.75. The molecule has 0 saturated carbocycles. The fourth-order valence-electron chi connectivity index (χ4n) is 3.78. The number of hydrogen-bond acceptors (Lipinski definition) is 7. The van der Waals surface area contributed by atoms with Gasteiger partial charge in [-0.05, 0) is 32.8 Å². The van der Waals surface area contributed by atoms with Crippen LogP contribution in [-0.4, -0.2) is 65.9 Å². The molecular formula is C17H19N5O5S. The molecule has 1 fully saturated rings. The minimum absolute atomic E-state index is 0.0792. The van der Waals surface area contributed by atoms with Gasteiger partial charge in [-0.15, -0.1) is 0 Å². The van der Waals surface area contributed by atoms with E-state index in [2.05, 4.69) is 15.1 Å². The number of carbonyl (C=O) groups is 2. The molecule has 1 aromatic heterocycles. The molecule has 0 radical (unpaired) electrons. The molecule has 3 amide bonds. The summed E-state index contributed by atoms with van der Waals surface area (Å²) in [5.74, 6) is -0.582. The zero-order chi connectivity index (χ0) is 20.1. The third-order valence-electron chi connectivity index (χ3n) is 5.15. The molecule has 1 atom stereocenters. The van der Waals surface area contributed by atoms with E-state index >= 15 is 0 Å². The Morgan fingerprint density at radius 1 is 1.18 bits per heavy atom. The number of imide groups is 1. The summed E-state index contributed by atoms with van der Waals surface area (Å²) in [5, 5.41) is 3.71. The number of aromatic nitrogens is 1. The van der Waals surface area contributed by atoms with Crippen LogP contribution < -0.4 is 0 Å². The highest BCUT2D eigenvalue weighted by molar-refractivity contribution is 7.89. The Balaban J connectivity index is 1.51. The maximum Gasteiger partial charge on any atom is 0.352 e. The van der Waals surface area contributed by atoms with Crippen molar-refractivity contribution in [2.45, 2.75) is 37.6 Å². The van der Waals surface area contributed by atoms with Crippen LogP contribution in [0, 0.1) is 19.8 Å². The van der Waals surface area contributed by atoms with Crippen molar-refractivity contribution in [2.75, 3.05) is 13.1 Å². The van der Waals surface area contributed by atoms with Gasteiger partial charge in [0.2, 0.25) is 15.9 Å². The average Bonchev–Trinajstić information content (AvgIpc) is 3.01. The predicted molar refractivity (Wildman–Crippen MR) is 98.6 cm³/mol. The molecule has 0 spiro atoms. The first-order chi connectivity index (χ1) is 13.3. The predicted octanol–water partition coefficient (Wildman–Crippen LogP) is 1.06. The standard InChI is InChI=1S/C17H19N5O5S/c1-10-14(11(2)27-20-10)28(25,26)21-8-5-12(6-9-21)22-16(23)13-4-3-7-18-15(13)19-17(22)24/h3-4,7,12-13H,5-6,8-9H2,1-2H3. The van der Waals surface area contributed by atoms with Crippen LogP contribution in [-0.2, 0) is 14.8 Å². The number of sulfonamides is 1. The molecule has 148 valence electrons. The summed E-state index contributed by atoms with van der Waals surface area (Å²) in [6, 6.07) is -1.04. The van der Waals surface area contributed by atoms with E-state index in [1.54, 1.807) is 26.0 Å². The van der Waals surface area contributed by atoms with E-state index in [1.807, 2.05) is 0 Å². The van der Waals surface area contributed by atoms with Gasteiger partial charge in [0.15, 0.2) is 5.76 Å². The normalized spacial score (nSPS) is 23.9. The first-order valence-electron chi connectivity index (χ1n) is 8.90. The van der Waals surface area contributed by atoms with Crippen molar-refractivity contribution in [3.05, 3.63) is 23.6 Å². The quantitative estimate of drug-likeness (QED) is 0.740. The second-order valence-corrected chi connectivity index (χ2v) is 8.76. The van der Waals surface area contributed by atoms with E-state index in [0.29, 0.717) is 18.5 Å². The van der Waals surface area contributed by atoms with Crippen LogP contribution in [0.25, 0.3) is 0 Å². The molecule has 4 rings (SSSR count). The van der Waals surface area contributed by atoms with Crippen LogP contribution in [0.2, 0.25) is 0 Å². The number of urea groups is 1. The Bertz CT molecular complexity index is 1010. The minimum Gasteiger partial charge on any atom is -0.360 e. The number of carbonyl (C=O) groups excluding carboxylic acids is 2. The summed E-state index contributed by atoms with van der Waals surface area (Å²) in [5.41, 5.74) is 0.313. The highest BCUT2D eigenvalue weighted by atomic mass is 32.2. The van der Waals surface area contributed by atoms with Crippen LogP contribution in [0.5, 0.6) is 0 Å². The summed E-state index contributed by atoms with van der Waals surface area (Å²) in [4.78, 5) is 34.3. The fraction of sp³-hybridized carbons (Fsp3) is 0.471. The van der Waals surface area contributed by atoms with Gasteiger partial charge in [-0.25, -0.2) is 18.2 Å². The van der Waals surface area contributed by atoms with Crippen molar-refractivity contribution < 1.29 is 22.5 Å². The minimum atomic E-state index is -3.75. The van der Waals surface area contributed by atoms with E-state index in [9.17, 15) is 18.0 Å². The Hall–Kier alpha value is -2.66. The maximum atomic E-state index is 12.9. The van der Waals surface area contributed by atoms with Gasteiger partial charge in [0.05, 0.1) is 0 Å². The molecule has 11 heteroatoms. The number of fused-ring (bicyclic) bond motifs is 1. The van der Waals surface area contributed by atoms with Crippen molar-refractivity contribution in [1.82, 2.24) is 14.4 Å². The number of amidine groups is 1. The molecule has 1 saturated heterocycles. The second kappa shape index (κ2) is 6.74. The zero-order valence-electron chi connectivity index (χ0n) is 15.4. The first-order valence-corrected chi connectivity index (χ1v) is 10.3. The third-order valence-corrected chi connectivity index (χ3v) is 7.29. The highest BCUT2D eigenvalue weighted by Crippen LogP contribution is 2.29. The van der Waals surface area contributed by atoms with E-state index in [4.69, 9.17) is 4.52 Å². The van der Waals surface area contributed by atoms with Gasteiger partial charge in [-0.3, -0.25) is 9.69 Å². The number of amides is 3. The average molecular weight is 405 g/mol. The number of hydrogen-bond donors (Lipinski definition) is 0. The number of allylic oxidation sites excluding steroid dienone is 1. The molecule has 0 aromatic carbocycles. The van der Waals surface area contributed by atoms with Gasteiger partial charge < -0.3 is 4.52 Å². The number of nitrogens with zero attached hydrogens (tertiary/aromatic N) is 5. The molecule has 0 bridgehead atoms. The topological polar surface area (TPSA) is 126 Å². The van der Waals surface area contributed by atoms with Crippen LogP contribution in [0.1, 0.15) is 24.3 Å². The molecule has 1 unspecified atom stereocenters. The van der Waals surface area contributed by atoms with Gasteiger partial charge in [-0.2, -0.15) is 9.30 Å². The van der Waals surface area contributed by atoms with Crippen LogP contribution in [0.3, 0.4) is 0 Å². The summed E-state index contributed by atoms with van der Waals surface area (Å²) in [6.45, 7) is 3.50. The summed E-state index contributed by atoms with van der Waals surface area (Å²) < 4.78 is 32.2. The van der Waals surface area contributed by atoms with Gasteiger partial charge in [0, 0.05) is 25.3 Å². The Morgan fingerprint density at radius 3 is 2.54 bits per heavy atom. The number of dihydropyridines is 1. The van der Waals surface area contributed by atoms with Gasteiger partial charge >= 0.3 is 6.03 Å². The van der Waals surface area contributed by atoms with E-state index in [-0.39, 0.29) is 35.5 Å². The van der Waals surface area contributed by atoms with Gasteiger partial charge in [-0.1, -0.05) is 11.2 Å². The molecule has 3 aliphatic heterocycles. The second-order valence-electron chi connectivity index (χ2n) is 6.89. The van der Waals surface area contributed by atoms with Crippen LogP contribution in [0.15, 0.2) is 31.6 Å². The summed E-state index contributed by atoms with van der Waals surface area (Å²) in [6.07, 6.45) is 5.47. The largest absolute Gasteiger partial charge is 0.360 e. The molecule has 28 heavy (non-hydrogen) atoms. The third kappa shape index (κ3) is 2.90. The van der Waals surface area contributed by atoms with Crippen molar-refractivity contribution in [3.8, 4) is 0 Å². The molecule has 4 heterocycles. The van der Waals surface area contributed by atoms with Crippen molar-refractivity contribution in [1.29, 1.82) is 0 Å². The Morgan fingerprint density at radius 2 is 1.89 bits per heavy atom. The Labute approximate surface area is 161 Å². The lowest BCUT2D eigenvalue weighted by Crippen LogP contribution is -2.54. The highest BCUT2D eigenvalue weighted by Gasteiger charge is 2.43. The molecule has 0 aliphatic carbocycles. The smallest absolute Gasteiger partial charge is 0.352 e. The fourth-order valence-corrected chi connectivity index (χ4v) is 5.54. The number of rotatable bonds is 3. The molecule has 3 aliphatic rings. The lowest BCUT2D eigenvalue weighted by atomic mass is 9.98. The number of piperidine rings is 1. The first kappa shape index (κ1) is 18.7. The lowest BCUT2D eigenvalue weighted by Gasteiger charge is -2.38. The summed E-state index contributed by atoms with van der Waals surface area (Å²) >= 11 is 0. The monoisotopic (exact) mass is 405 g/mol. The van der Waals surface area contributed by atoms with Gasteiger partial charge in [0.1, 0.15) is 22.3 Å². The number of aryl methyl sites for hydroxylation is 2. The molecule has 10 nitrogen and oxygen atoms in total. The van der Waals surface area contributed by atoms with Crippen molar-refractivity contribution >= 4 is 34.0 Å². The van der Waals surface area contributed by atoms with E-state index in [0.717, 1.165) is 4.90 Å². The molecule has 1 aromatic rings. The van der Waals surface area contributed by atoms with Crippen LogP contribution >= 0.6 is 0 Å². The molecule has 0 N–H and O–H groups in total. The SMILES string of the molecule is Cc1noc(C)c1S(=O)(=O)N1CCC(N2C(=O)N=C3N=CC=CC3C2=O)CC1. The molecular weight excluding hydrogens is 386 g/mol. The van der Waals surface area contributed by atoms with E-state index in [1.165, 1.54) is 10.5 Å². The van der Waals surface area contributed by atoms with Gasteiger partial charge in [0.25, 0.3) is 0 Å². The van der Waals surface area contributed by atoms with E-state index < -0.39 is 28.0 Å². The number of aliphatic imine (C=N–C) groups is 2. The van der Waals surface area contributed by atoms with Crippen molar-refractivity contribution in [2.24, 2.45) is 15.9 Å². The lowest BCUT2D eigenvalue weighted by molar-refractivity contribution is -0.131. The Kier molecular flexibility index (Phi) is 4.50. The zero-order valence-corrected chi connectivity index (χ0v) is 16.2. The maximum absolute atomic E-state index is 12.9.